The van der Waals surface area contributed by atoms with Gasteiger partial charge in [-0.15, -0.1) is 0 Å². The van der Waals surface area contributed by atoms with Crippen LogP contribution >= 0.6 is 11.7 Å². The number of carbonyl (C=O) groups is 1. The van der Waals surface area contributed by atoms with E-state index in [-0.39, 0.29) is 11.9 Å². The van der Waals surface area contributed by atoms with Gasteiger partial charge in [0.1, 0.15) is 11.0 Å². The molecule has 0 bridgehead atoms. The standard InChI is InChI=1S/C16H23N5O3S2/c1-20(2)26(23,24)17-9-8-13-5-3-4-10-21(13)16(22)12-6-7-14-15(11-12)19-25-18-14/h6-7,11,13,17H,3-5,8-10H2,1-2H3/t13-/m0/s1. The Morgan fingerprint density at radius 2 is 2.08 bits per heavy atom. The predicted octanol–water partition coefficient (Wildman–Crippen LogP) is 1.47. The molecule has 26 heavy (non-hydrogen) atoms. The molecule has 2 aromatic rings. The Morgan fingerprint density at radius 1 is 1.31 bits per heavy atom. The van der Waals surface area contributed by atoms with Crippen LogP contribution in [0.3, 0.4) is 0 Å². The molecule has 1 amide bonds. The van der Waals surface area contributed by atoms with Crippen LogP contribution in [0.2, 0.25) is 0 Å². The molecule has 1 atom stereocenters. The summed E-state index contributed by atoms with van der Waals surface area (Å²) in [5.41, 5.74) is 2.12. The maximum Gasteiger partial charge on any atom is 0.278 e. The van der Waals surface area contributed by atoms with E-state index in [1.807, 2.05) is 11.0 Å². The third-order valence-electron chi connectivity index (χ3n) is 4.63. The van der Waals surface area contributed by atoms with Crippen LogP contribution in [0.5, 0.6) is 0 Å². The zero-order valence-electron chi connectivity index (χ0n) is 14.9. The molecule has 1 saturated heterocycles. The highest BCUT2D eigenvalue weighted by atomic mass is 32.2. The number of carbonyl (C=O) groups excluding carboxylic acids is 1. The number of hydrogen-bond donors (Lipinski definition) is 1. The average molecular weight is 398 g/mol. The second-order valence-electron chi connectivity index (χ2n) is 6.59. The minimum atomic E-state index is -3.44. The summed E-state index contributed by atoms with van der Waals surface area (Å²) in [6.07, 6.45) is 3.49. The van der Waals surface area contributed by atoms with Crippen LogP contribution in [0, 0.1) is 0 Å². The number of piperidine rings is 1. The van der Waals surface area contributed by atoms with Crippen LogP contribution in [-0.4, -0.2) is 65.5 Å². The first kappa shape index (κ1) is 19.2. The van der Waals surface area contributed by atoms with Gasteiger partial charge in [0.2, 0.25) is 0 Å². The Bertz CT molecular complexity index is 881. The van der Waals surface area contributed by atoms with Gasteiger partial charge < -0.3 is 4.90 Å². The van der Waals surface area contributed by atoms with Gasteiger partial charge in [-0.2, -0.15) is 21.5 Å². The van der Waals surface area contributed by atoms with Crippen molar-refractivity contribution in [2.24, 2.45) is 0 Å². The lowest BCUT2D eigenvalue weighted by Gasteiger charge is -2.36. The zero-order chi connectivity index (χ0) is 18.7. The van der Waals surface area contributed by atoms with Gasteiger partial charge in [0.25, 0.3) is 16.1 Å². The fourth-order valence-corrected chi connectivity index (χ4v) is 4.28. The summed E-state index contributed by atoms with van der Waals surface area (Å²) in [5, 5.41) is 0. The molecule has 0 radical (unpaired) electrons. The number of nitrogens with one attached hydrogen (secondary N) is 1. The normalized spacial score (nSPS) is 18.6. The first-order chi connectivity index (χ1) is 12.4. The molecular weight excluding hydrogens is 374 g/mol. The summed E-state index contributed by atoms with van der Waals surface area (Å²) in [6.45, 7) is 1.00. The van der Waals surface area contributed by atoms with E-state index in [2.05, 4.69) is 13.5 Å². The lowest BCUT2D eigenvalue weighted by molar-refractivity contribution is 0.0604. The first-order valence-electron chi connectivity index (χ1n) is 8.59. The van der Waals surface area contributed by atoms with Crippen molar-refractivity contribution in [1.29, 1.82) is 0 Å². The molecule has 8 nitrogen and oxygen atoms in total. The Hall–Kier alpha value is -1.62. The van der Waals surface area contributed by atoms with Crippen LogP contribution < -0.4 is 4.72 Å². The van der Waals surface area contributed by atoms with Crippen LogP contribution in [0.25, 0.3) is 11.0 Å². The van der Waals surface area contributed by atoms with Crippen molar-refractivity contribution in [1.82, 2.24) is 22.7 Å². The van der Waals surface area contributed by atoms with Crippen molar-refractivity contribution in [2.45, 2.75) is 31.7 Å². The predicted molar refractivity (Wildman–Crippen MR) is 101 cm³/mol. The zero-order valence-corrected chi connectivity index (χ0v) is 16.5. The number of benzene rings is 1. The number of rotatable bonds is 6. The summed E-state index contributed by atoms with van der Waals surface area (Å²) >= 11 is 1.13. The fraction of sp³-hybridized carbons (Fsp3) is 0.562. The second-order valence-corrected chi connectivity index (χ2v) is 9.08. The van der Waals surface area contributed by atoms with Gasteiger partial charge in [0.15, 0.2) is 0 Å². The van der Waals surface area contributed by atoms with Crippen molar-refractivity contribution in [3.8, 4) is 0 Å². The number of amides is 1. The number of nitrogens with zero attached hydrogens (tertiary/aromatic N) is 4. The van der Waals surface area contributed by atoms with Gasteiger partial charge in [-0.05, 0) is 43.9 Å². The number of likely N-dealkylation sites (tertiary alicyclic amines) is 1. The second kappa shape index (κ2) is 7.95. The van der Waals surface area contributed by atoms with Crippen molar-refractivity contribution >= 4 is 38.9 Å². The monoisotopic (exact) mass is 397 g/mol. The molecule has 1 aromatic heterocycles. The smallest absolute Gasteiger partial charge is 0.278 e. The van der Waals surface area contributed by atoms with Crippen molar-refractivity contribution in [3.05, 3.63) is 23.8 Å². The molecule has 1 N–H and O–H groups in total. The van der Waals surface area contributed by atoms with E-state index < -0.39 is 10.2 Å². The molecule has 142 valence electrons. The summed E-state index contributed by atoms with van der Waals surface area (Å²) in [7, 11) is -0.464. The SMILES string of the molecule is CN(C)S(=O)(=O)NCC[C@@H]1CCCCN1C(=O)c1ccc2nsnc2c1. The maximum atomic E-state index is 13.0. The van der Waals surface area contributed by atoms with E-state index >= 15 is 0 Å². The van der Waals surface area contributed by atoms with Crippen molar-refractivity contribution in [3.63, 3.8) is 0 Å². The van der Waals surface area contributed by atoms with E-state index in [1.165, 1.54) is 14.1 Å². The van der Waals surface area contributed by atoms with Crippen LogP contribution in [0.15, 0.2) is 18.2 Å². The minimum absolute atomic E-state index is 0.0277. The Balaban J connectivity index is 1.68. The molecule has 1 aliphatic rings. The number of aromatic nitrogens is 2. The number of hydrogen-bond acceptors (Lipinski definition) is 6. The summed E-state index contributed by atoms with van der Waals surface area (Å²) in [6, 6.07) is 5.41. The molecule has 0 unspecified atom stereocenters. The Labute approximate surface area is 157 Å². The fourth-order valence-electron chi connectivity index (χ4n) is 3.13. The molecule has 0 aliphatic carbocycles. The molecule has 0 spiro atoms. The van der Waals surface area contributed by atoms with Gasteiger partial charge in [0, 0.05) is 38.8 Å². The first-order valence-corrected chi connectivity index (χ1v) is 10.8. The lowest BCUT2D eigenvalue weighted by Crippen LogP contribution is -2.46. The summed E-state index contributed by atoms with van der Waals surface area (Å²) in [5.74, 6) is -0.0277. The van der Waals surface area contributed by atoms with E-state index in [4.69, 9.17) is 0 Å². The topological polar surface area (TPSA) is 95.5 Å². The van der Waals surface area contributed by atoms with Crippen LogP contribution in [-0.2, 0) is 10.2 Å². The van der Waals surface area contributed by atoms with E-state index in [9.17, 15) is 13.2 Å². The molecule has 0 saturated carbocycles. The molecule has 1 aromatic carbocycles. The van der Waals surface area contributed by atoms with Gasteiger partial charge in [-0.25, -0.2) is 4.72 Å². The lowest BCUT2D eigenvalue weighted by atomic mass is 9.98. The number of fused-ring (bicyclic) bond motifs is 1. The quantitative estimate of drug-likeness (QED) is 0.796. The molecule has 2 heterocycles. The van der Waals surface area contributed by atoms with E-state index in [1.54, 1.807) is 12.1 Å². The minimum Gasteiger partial charge on any atom is -0.336 e. The van der Waals surface area contributed by atoms with E-state index in [0.717, 1.165) is 46.3 Å². The maximum absolute atomic E-state index is 13.0. The molecule has 10 heteroatoms. The highest BCUT2D eigenvalue weighted by Gasteiger charge is 2.28. The molecule has 1 fully saturated rings. The third kappa shape index (κ3) is 4.20. The highest BCUT2D eigenvalue weighted by molar-refractivity contribution is 7.87. The Kier molecular flexibility index (Phi) is 5.86. The largest absolute Gasteiger partial charge is 0.336 e. The summed E-state index contributed by atoms with van der Waals surface area (Å²) < 4.78 is 35.7. The Morgan fingerprint density at radius 3 is 2.85 bits per heavy atom. The molecule has 1 aliphatic heterocycles. The molecule has 3 rings (SSSR count). The van der Waals surface area contributed by atoms with Crippen molar-refractivity contribution < 1.29 is 13.2 Å². The van der Waals surface area contributed by atoms with Crippen LogP contribution in [0.1, 0.15) is 36.0 Å². The summed E-state index contributed by atoms with van der Waals surface area (Å²) in [4.78, 5) is 14.8. The van der Waals surface area contributed by atoms with Crippen molar-refractivity contribution in [2.75, 3.05) is 27.2 Å². The van der Waals surface area contributed by atoms with Crippen LogP contribution in [0.4, 0.5) is 0 Å². The third-order valence-corrected chi connectivity index (χ3v) is 6.72. The van der Waals surface area contributed by atoms with Gasteiger partial charge in [-0.3, -0.25) is 4.79 Å². The van der Waals surface area contributed by atoms with Gasteiger partial charge in [-0.1, -0.05) is 0 Å². The average Bonchev–Trinajstić information content (AvgIpc) is 3.09. The highest BCUT2D eigenvalue weighted by Crippen LogP contribution is 2.23. The van der Waals surface area contributed by atoms with Gasteiger partial charge >= 0.3 is 0 Å². The van der Waals surface area contributed by atoms with E-state index in [0.29, 0.717) is 25.1 Å². The van der Waals surface area contributed by atoms with Gasteiger partial charge in [0.05, 0.1) is 11.7 Å². The molecular formula is C16H23N5O3S2.